The molecule has 1 atom stereocenters. The summed E-state index contributed by atoms with van der Waals surface area (Å²) in [5.74, 6) is 1.38. The highest BCUT2D eigenvalue weighted by Gasteiger charge is 2.30. The van der Waals surface area contributed by atoms with E-state index in [1.54, 1.807) is 4.90 Å². The van der Waals surface area contributed by atoms with Crippen molar-refractivity contribution in [3.05, 3.63) is 17.2 Å². The second kappa shape index (κ2) is 6.82. The van der Waals surface area contributed by atoms with Crippen LogP contribution in [-0.2, 0) is 17.6 Å². The summed E-state index contributed by atoms with van der Waals surface area (Å²) in [7, 11) is 1.88. The van der Waals surface area contributed by atoms with Crippen LogP contribution in [0.5, 0.6) is 0 Å². The van der Waals surface area contributed by atoms with Crippen molar-refractivity contribution >= 4 is 5.91 Å². The average molecular weight is 304 g/mol. The first-order chi connectivity index (χ1) is 10.7. The molecule has 0 bridgehead atoms. The first kappa shape index (κ1) is 15.5. The summed E-state index contributed by atoms with van der Waals surface area (Å²) in [6.45, 7) is 4.73. The molecule has 1 unspecified atom stereocenters. The van der Waals surface area contributed by atoms with Crippen LogP contribution in [0.1, 0.15) is 62.3 Å². The van der Waals surface area contributed by atoms with E-state index in [1.165, 1.54) is 30.7 Å². The number of nitrogens with zero attached hydrogens (tertiary/aromatic N) is 3. The van der Waals surface area contributed by atoms with Crippen LogP contribution in [0.15, 0.2) is 0 Å². The van der Waals surface area contributed by atoms with Crippen molar-refractivity contribution in [2.45, 2.75) is 57.9 Å². The Labute approximate surface area is 133 Å². The van der Waals surface area contributed by atoms with Gasteiger partial charge < -0.3 is 9.88 Å². The number of hydrogen-bond donors (Lipinski definition) is 1. The van der Waals surface area contributed by atoms with Crippen LogP contribution in [0.4, 0.5) is 0 Å². The van der Waals surface area contributed by atoms with Crippen molar-refractivity contribution < 1.29 is 4.79 Å². The fraction of sp³-hybridized carbons (Fsp3) is 0.765. The average Bonchev–Trinajstić information content (AvgIpc) is 3.17. The lowest BCUT2D eigenvalue weighted by molar-refractivity contribution is -0.130. The third-order valence-corrected chi connectivity index (χ3v) is 5.17. The molecule has 2 aliphatic rings. The summed E-state index contributed by atoms with van der Waals surface area (Å²) in [4.78, 5) is 24.7. The van der Waals surface area contributed by atoms with Crippen LogP contribution in [0, 0.1) is 0 Å². The smallest absolute Gasteiger partial charge is 0.223 e. The van der Waals surface area contributed by atoms with Gasteiger partial charge in [0.15, 0.2) is 0 Å². The number of imidazole rings is 1. The van der Waals surface area contributed by atoms with Gasteiger partial charge in [-0.3, -0.25) is 9.69 Å². The van der Waals surface area contributed by atoms with Gasteiger partial charge in [0, 0.05) is 32.3 Å². The highest BCUT2D eigenvalue weighted by molar-refractivity contribution is 5.75. The minimum Gasteiger partial charge on any atom is -0.346 e. The van der Waals surface area contributed by atoms with Crippen LogP contribution in [-0.4, -0.2) is 52.4 Å². The highest BCUT2D eigenvalue weighted by atomic mass is 16.2. The number of aryl methyl sites for hydroxylation is 2. The van der Waals surface area contributed by atoms with Crippen LogP contribution < -0.4 is 0 Å². The number of hydrogen-bond acceptors (Lipinski definition) is 3. The fourth-order valence-corrected chi connectivity index (χ4v) is 3.64. The molecule has 3 rings (SSSR count). The Morgan fingerprint density at radius 2 is 2.18 bits per heavy atom. The summed E-state index contributed by atoms with van der Waals surface area (Å²) in [6, 6.07) is 0.380. The number of aromatic amines is 1. The van der Waals surface area contributed by atoms with Crippen molar-refractivity contribution in [1.29, 1.82) is 0 Å². The van der Waals surface area contributed by atoms with E-state index in [0.717, 1.165) is 44.7 Å². The van der Waals surface area contributed by atoms with Gasteiger partial charge in [-0.15, -0.1) is 0 Å². The Morgan fingerprint density at radius 1 is 1.36 bits per heavy atom. The van der Waals surface area contributed by atoms with E-state index >= 15 is 0 Å². The van der Waals surface area contributed by atoms with Crippen LogP contribution >= 0.6 is 0 Å². The molecular formula is C17H28N4O. The second-order valence-corrected chi connectivity index (χ2v) is 6.61. The molecule has 1 fully saturated rings. The highest BCUT2D eigenvalue weighted by Crippen LogP contribution is 2.32. The largest absolute Gasteiger partial charge is 0.346 e. The molecule has 0 radical (unpaired) electrons. The zero-order valence-corrected chi connectivity index (χ0v) is 13.9. The molecule has 1 aliphatic carbocycles. The van der Waals surface area contributed by atoms with Crippen molar-refractivity contribution in [2.75, 3.05) is 26.7 Å². The Balaban J connectivity index is 1.63. The number of carbonyl (C=O) groups is 1. The Bertz CT molecular complexity index is 501. The maximum atomic E-state index is 12.0. The number of aromatic nitrogens is 2. The standard InChI is InChI=1S/C17H28N4O/c1-3-20(2)16(22)10-12-21-11-6-9-15(21)17-18-13-7-4-5-8-14(13)19-17/h15H,3-12H2,1-2H3,(H,18,19). The number of amides is 1. The number of carbonyl (C=O) groups excluding carboxylic acids is 1. The molecule has 1 aliphatic heterocycles. The van der Waals surface area contributed by atoms with E-state index in [4.69, 9.17) is 4.98 Å². The van der Waals surface area contributed by atoms with Gasteiger partial charge in [0.25, 0.3) is 0 Å². The van der Waals surface area contributed by atoms with Gasteiger partial charge in [0.2, 0.25) is 5.91 Å². The predicted octanol–water partition coefficient (Wildman–Crippen LogP) is 2.29. The Morgan fingerprint density at radius 3 is 2.95 bits per heavy atom. The van der Waals surface area contributed by atoms with Crippen LogP contribution in [0.2, 0.25) is 0 Å². The molecule has 1 amide bonds. The Hall–Kier alpha value is -1.36. The third kappa shape index (κ3) is 3.19. The monoisotopic (exact) mass is 304 g/mol. The summed E-state index contributed by atoms with van der Waals surface area (Å²) in [5.41, 5.74) is 2.64. The quantitative estimate of drug-likeness (QED) is 0.908. The van der Waals surface area contributed by atoms with Gasteiger partial charge in [0.05, 0.1) is 11.7 Å². The fourth-order valence-electron chi connectivity index (χ4n) is 3.64. The number of fused-ring (bicyclic) bond motifs is 1. The Kier molecular flexibility index (Phi) is 4.81. The van der Waals surface area contributed by atoms with Gasteiger partial charge >= 0.3 is 0 Å². The summed E-state index contributed by atoms with van der Waals surface area (Å²) in [6.07, 6.45) is 7.79. The molecular weight excluding hydrogens is 276 g/mol. The van der Waals surface area contributed by atoms with E-state index < -0.39 is 0 Å². The zero-order valence-electron chi connectivity index (χ0n) is 13.9. The van der Waals surface area contributed by atoms with Crippen molar-refractivity contribution in [3.63, 3.8) is 0 Å². The molecule has 5 nitrogen and oxygen atoms in total. The minimum atomic E-state index is 0.242. The normalized spacial score (nSPS) is 21.8. The number of rotatable bonds is 5. The maximum Gasteiger partial charge on any atom is 0.223 e. The number of H-pyrrole nitrogens is 1. The van der Waals surface area contributed by atoms with E-state index in [1.807, 2.05) is 14.0 Å². The van der Waals surface area contributed by atoms with E-state index in [0.29, 0.717) is 12.5 Å². The van der Waals surface area contributed by atoms with E-state index in [-0.39, 0.29) is 5.91 Å². The molecule has 2 heterocycles. The molecule has 0 aromatic carbocycles. The first-order valence-electron chi connectivity index (χ1n) is 8.74. The minimum absolute atomic E-state index is 0.242. The summed E-state index contributed by atoms with van der Waals surface area (Å²) >= 11 is 0. The lowest BCUT2D eigenvalue weighted by Crippen LogP contribution is -2.32. The molecule has 1 aromatic rings. The van der Waals surface area contributed by atoms with Crippen molar-refractivity contribution in [2.24, 2.45) is 0 Å². The van der Waals surface area contributed by atoms with Gasteiger partial charge in [-0.05, 0) is 52.0 Å². The predicted molar refractivity (Wildman–Crippen MR) is 86.7 cm³/mol. The summed E-state index contributed by atoms with van der Waals surface area (Å²) in [5, 5.41) is 0. The van der Waals surface area contributed by atoms with Gasteiger partial charge in [0.1, 0.15) is 5.82 Å². The summed E-state index contributed by atoms with van der Waals surface area (Å²) < 4.78 is 0. The zero-order chi connectivity index (χ0) is 15.5. The molecule has 22 heavy (non-hydrogen) atoms. The third-order valence-electron chi connectivity index (χ3n) is 5.17. The lowest BCUT2D eigenvalue weighted by Gasteiger charge is -2.23. The van der Waals surface area contributed by atoms with Crippen LogP contribution in [0.25, 0.3) is 0 Å². The molecule has 0 spiro atoms. The topological polar surface area (TPSA) is 52.2 Å². The first-order valence-corrected chi connectivity index (χ1v) is 8.74. The van der Waals surface area contributed by atoms with Crippen molar-refractivity contribution in [3.8, 4) is 0 Å². The van der Waals surface area contributed by atoms with E-state index in [9.17, 15) is 4.79 Å². The molecule has 1 aromatic heterocycles. The lowest BCUT2D eigenvalue weighted by atomic mass is 10.0. The van der Waals surface area contributed by atoms with Crippen LogP contribution in [0.3, 0.4) is 0 Å². The molecule has 0 saturated carbocycles. The number of likely N-dealkylation sites (tertiary alicyclic amines) is 1. The second-order valence-electron chi connectivity index (χ2n) is 6.61. The van der Waals surface area contributed by atoms with Crippen molar-refractivity contribution in [1.82, 2.24) is 19.8 Å². The van der Waals surface area contributed by atoms with Gasteiger partial charge in [-0.1, -0.05) is 0 Å². The molecule has 122 valence electrons. The van der Waals surface area contributed by atoms with E-state index in [2.05, 4.69) is 9.88 Å². The molecule has 5 heteroatoms. The SMILES string of the molecule is CCN(C)C(=O)CCN1CCCC1c1nc2c([nH]1)CCCC2. The number of nitrogens with one attached hydrogen (secondary N) is 1. The molecule has 1 N–H and O–H groups in total. The molecule has 1 saturated heterocycles. The maximum absolute atomic E-state index is 12.0. The van der Waals surface area contributed by atoms with Gasteiger partial charge in [-0.25, -0.2) is 4.98 Å². The van der Waals surface area contributed by atoms with Gasteiger partial charge in [-0.2, -0.15) is 0 Å².